The van der Waals surface area contributed by atoms with E-state index < -0.39 is 12.0 Å². The Morgan fingerprint density at radius 1 is 1.22 bits per heavy atom. The lowest BCUT2D eigenvalue weighted by molar-refractivity contribution is -0.138. The lowest BCUT2D eigenvalue weighted by Gasteiger charge is -2.29. The Morgan fingerprint density at radius 3 is 2.38 bits per heavy atom. The van der Waals surface area contributed by atoms with Crippen molar-refractivity contribution in [1.29, 1.82) is 0 Å². The predicted molar refractivity (Wildman–Crippen MR) is 122 cm³/mol. The van der Waals surface area contributed by atoms with Gasteiger partial charge >= 0.3 is 5.97 Å². The summed E-state index contributed by atoms with van der Waals surface area (Å²) in [5.74, 6) is -0.888. The summed E-state index contributed by atoms with van der Waals surface area (Å²) >= 11 is 0. The lowest BCUT2D eigenvalue weighted by Crippen LogP contribution is -2.31. The average Bonchev–Trinajstić information content (AvgIpc) is 2.72. The second-order valence-electron chi connectivity index (χ2n) is 9.69. The fourth-order valence-electron chi connectivity index (χ4n) is 4.67. The molecule has 7 nitrogen and oxygen atoms in total. The molecule has 0 spiro atoms. The number of likely N-dealkylation sites (tertiary alicyclic amines) is 1. The Kier molecular flexibility index (Phi) is 7.16. The minimum absolute atomic E-state index is 0.0124. The van der Waals surface area contributed by atoms with Crippen LogP contribution in [0.25, 0.3) is 0 Å². The van der Waals surface area contributed by atoms with Crippen LogP contribution in [0.15, 0.2) is 40.6 Å². The number of benzene rings is 1. The minimum atomic E-state index is -1.07. The molecule has 0 unspecified atom stereocenters. The van der Waals surface area contributed by atoms with Crippen molar-refractivity contribution < 1.29 is 24.6 Å². The molecule has 1 aliphatic heterocycles. The van der Waals surface area contributed by atoms with Crippen molar-refractivity contribution >= 4 is 23.9 Å². The molecule has 0 saturated carbocycles. The van der Waals surface area contributed by atoms with Crippen LogP contribution in [0.3, 0.4) is 0 Å². The molecule has 2 N–H and O–H groups in total. The van der Waals surface area contributed by atoms with Gasteiger partial charge < -0.3 is 15.1 Å². The van der Waals surface area contributed by atoms with E-state index in [1.54, 1.807) is 11.8 Å². The van der Waals surface area contributed by atoms with Gasteiger partial charge in [0, 0.05) is 38.1 Å². The number of carboxylic acid groups (broad SMARTS) is 1. The van der Waals surface area contributed by atoms with E-state index in [9.17, 15) is 24.6 Å². The summed E-state index contributed by atoms with van der Waals surface area (Å²) in [4.78, 5) is 41.4. The van der Waals surface area contributed by atoms with Gasteiger partial charge in [-0.05, 0) is 42.2 Å². The van der Waals surface area contributed by atoms with Crippen molar-refractivity contribution in [2.24, 2.45) is 10.4 Å². The molecule has 0 radical (unpaired) electrons. The summed E-state index contributed by atoms with van der Waals surface area (Å²) in [5, 5.41) is 20.1. The number of nitrogens with zero attached hydrogens (tertiary/aromatic N) is 2. The number of carbonyl (C=O) groups is 3. The second kappa shape index (κ2) is 9.67. The van der Waals surface area contributed by atoms with Gasteiger partial charge in [-0.2, -0.15) is 0 Å². The summed E-state index contributed by atoms with van der Waals surface area (Å²) in [6, 6.07) is 6.85. The van der Waals surface area contributed by atoms with Crippen LogP contribution in [0.2, 0.25) is 0 Å². The number of rotatable bonds is 7. The number of aliphatic hydroxyl groups excluding tert-OH is 1. The number of Topliss-reactive ketones (excluding diaryl/α,β-unsaturated/α-hetero) is 1. The van der Waals surface area contributed by atoms with Crippen molar-refractivity contribution in [1.82, 2.24) is 4.90 Å². The molecule has 7 heteroatoms. The zero-order valence-corrected chi connectivity index (χ0v) is 19.0. The topological polar surface area (TPSA) is 107 Å². The number of aliphatic imine (C=N–C) groups is 1. The number of amides is 1. The summed E-state index contributed by atoms with van der Waals surface area (Å²) < 4.78 is 0. The smallest absolute Gasteiger partial charge is 0.328 e. The van der Waals surface area contributed by atoms with Crippen LogP contribution in [0.5, 0.6) is 0 Å². The fraction of sp³-hybridized carbons (Fsp3) is 0.520. The molecular weight excluding hydrogens is 408 g/mol. The van der Waals surface area contributed by atoms with Crippen LogP contribution >= 0.6 is 0 Å². The number of carboxylic acids is 1. The molecule has 1 aromatic rings. The van der Waals surface area contributed by atoms with Gasteiger partial charge in [-0.1, -0.05) is 38.1 Å². The Morgan fingerprint density at radius 2 is 1.84 bits per heavy atom. The first-order chi connectivity index (χ1) is 15.1. The number of piperidine rings is 1. The number of hydrogen-bond donors (Lipinski definition) is 2. The van der Waals surface area contributed by atoms with E-state index in [0.717, 1.165) is 37.9 Å². The first-order valence-electron chi connectivity index (χ1n) is 11.1. The van der Waals surface area contributed by atoms with E-state index in [0.29, 0.717) is 18.8 Å². The van der Waals surface area contributed by atoms with Gasteiger partial charge in [0.15, 0.2) is 11.8 Å². The molecule has 0 aromatic heterocycles. The van der Waals surface area contributed by atoms with Crippen molar-refractivity contribution in [3.8, 4) is 0 Å². The highest BCUT2D eigenvalue weighted by Crippen LogP contribution is 2.36. The van der Waals surface area contributed by atoms with Crippen LogP contribution in [-0.4, -0.2) is 58.1 Å². The summed E-state index contributed by atoms with van der Waals surface area (Å²) in [6.07, 6.45) is 3.59. The maximum Gasteiger partial charge on any atom is 0.328 e. The molecular formula is C25H32N2O5. The normalized spacial score (nSPS) is 20.9. The van der Waals surface area contributed by atoms with E-state index in [-0.39, 0.29) is 34.7 Å². The number of carbonyl (C=O) groups excluding carboxylic acids is 2. The molecule has 1 fully saturated rings. The lowest BCUT2D eigenvalue weighted by atomic mass is 9.75. The van der Waals surface area contributed by atoms with Crippen LogP contribution in [-0.2, 0) is 20.8 Å². The first-order valence-corrected chi connectivity index (χ1v) is 11.1. The summed E-state index contributed by atoms with van der Waals surface area (Å²) in [7, 11) is 0. The molecule has 1 atom stereocenters. The summed E-state index contributed by atoms with van der Waals surface area (Å²) in [5.41, 5.74) is 2.15. The van der Waals surface area contributed by atoms with E-state index in [4.69, 9.17) is 0 Å². The molecule has 32 heavy (non-hydrogen) atoms. The van der Waals surface area contributed by atoms with Gasteiger partial charge in [0.1, 0.15) is 5.76 Å². The Labute approximate surface area is 188 Å². The standard InChI is InChI=1S/C25H32N2O5/c1-16(23-21(29)13-25(2,3)14-22(23)30)26-20(24(31)32)12-17-4-6-18(7-5-17)19-8-10-27(15-28)11-9-19/h4-7,15,19-20,29H,8-14H2,1-3H3,(H,31,32)/t20-/m0/s1. The molecule has 1 aliphatic carbocycles. The largest absolute Gasteiger partial charge is 0.511 e. The molecule has 1 aromatic carbocycles. The van der Waals surface area contributed by atoms with Gasteiger partial charge in [-0.3, -0.25) is 14.6 Å². The molecule has 3 rings (SSSR count). The molecule has 1 heterocycles. The maximum atomic E-state index is 12.5. The Hall–Kier alpha value is -2.96. The monoisotopic (exact) mass is 440 g/mol. The van der Waals surface area contributed by atoms with Crippen LogP contribution in [0, 0.1) is 5.41 Å². The summed E-state index contributed by atoms with van der Waals surface area (Å²) in [6.45, 7) is 6.93. The number of aliphatic carboxylic acids is 1. The zero-order chi connectivity index (χ0) is 23.5. The molecule has 0 bridgehead atoms. The maximum absolute atomic E-state index is 12.5. The van der Waals surface area contributed by atoms with Crippen LogP contribution < -0.4 is 0 Å². The van der Waals surface area contributed by atoms with Crippen LogP contribution in [0.1, 0.15) is 63.5 Å². The number of hydrogen-bond acceptors (Lipinski definition) is 5. The van der Waals surface area contributed by atoms with Crippen LogP contribution in [0.4, 0.5) is 0 Å². The van der Waals surface area contributed by atoms with Gasteiger partial charge in [-0.15, -0.1) is 0 Å². The Balaban J connectivity index is 1.72. The van der Waals surface area contributed by atoms with Gasteiger partial charge in [0.05, 0.1) is 5.57 Å². The predicted octanol–water partition coefficient (Wildman–Crippen LogP) is 3.68. The highest BCUT2D eigenvalue weighted by Gasteiger charge is 2.34. The number of allylic oxidation sites excluding steroid dienone is 2. The third-order valence-corrected chi connectivity index (χ3v) is 6.41. The molecule has 1 saturated heterocycles. The van der Waals surface area contributed by atoms with Gasteiger partial charge in [0.25, 0.3) is 0 Å². The van der Waals surface area contributed by atoms with Crippen molar-refractivity contribution in [2.75, 3.05) is 13.1 Å². The van der Waals surface area contributed by atoms with E-state index in [2.05, 4.69) is 4.99 Å². The third kappa shape index (κ3) is 5.64. The SMILES string of the molecule is CC(=N[C@@H](Cc1ccc(C2CCN(C=O)CC2)cc1)C(=O)O)C1=C(O)CC(C)(C)CC1=O. The van der Waals surface area contributed by atoms with E-state index >= 15 is 0 Å². The third-order valence-electron chi connectivity index (χ3n) is 6.41. The van der Waals surface area contributed by atoms with E-state index in [1.807, 2.05) is 38.1 Å². The molecule has 1 amide bonds. The van der Waals surface area contributed by atoms with Crippen molar-refractivity contribution in [3.05, 3.63) is 46.7 Å². The quantitative estimate of drug-likeness (QED) is 0.497. The zero-order valence-electron chi connectivity index (χ0n) is 19.0. The molecule has 172 valence electrons. The fourth-order valence-corrected chi connectivity index (χ4v) is 4.67. The second-order valence-corrected chi connectivity index (χ2v) is 9.69. The van der Waals surface area contributed by atoms with Crippen molar-refractivity contribution in [2.45, 2.75) is 64.8 Å². The molecule has 2 aliphatic rings. The minimum Gasteiger partial charge on any atom is -0.511 e. The van der Waals surface area contributed by atoms with E-state index in [1.165, 1.54) is 5.56 Å². The van der Waals surface area contributed by atoms with Crippen molar-refractivity contribution in [3.63, 3.8) is 0 Å². The number of aliphatic hydroxyl groups is 1. The first kappa shape index (κ1) is 23.7. The van der Waals surface area contributed by atoms with Gasteiger partial charge in [0.2, 0.25) is 6.41 Å². The number of ketones is 1. The highest BCUT2D eigenvalue weighted by molar-refractivity contribution is 6.22. The average molecular weight is 441 g/mol. The van der Waals surface area contributed by atoms with Gasteiger partial charge in [-0.25, -0.2) is 4.79 Å². The highest BCUT2D eigenvalue weighted by atomic mass is 16.4. The Bertz CT molecular complexity index is 938.